The number of thiocarbonyl (C=S) groups is 1. The minimum Gasteiger partial charge on any atom is -0.272 e. The summed E-state index contributed by atoms with van der Waals surface area (Å²) in [6, 6.07) is 0. The number of rotatable bonds is 1. The number of nitrogens with one attached hydrogen (secondary N) is 1. The van der Waals surface area contributed by atoms with Crippen molar-refractivity contribution in [3.63, 3.8) is 0 Å². The van der Waals surface area contributed by atoms with Gasteiger partial charge in [0.1, 0.15) is 0 Å². The lowest BCUT2D eigenvalue weighted by Crippen LogP contribution is -2.38. The molecule has 0 spiro atoms. The number of hydrogen-bond acceptors (Lipinski definition) is 8. The first-order chi connectivity index (χ1) is 8.99. The second-order valence-electron chi connectivity index (χ2n) is 3.31. The number of nitrogens with two attached hydrogens (primary N) is 2. The smallest absolute Gasteiger partial charge is 0.253 e. The van der Waals surface area contributed by atoms with E-state index in [-0.39, 0.29) is 28.4 Å². The van der Waals surface area contributed by atoms with Crippen LogP contribution in [0.1, 0.15) is 0 Å². The first-order valence-electron chi connectivity index (χ1n) is 4.86. The normalized spacial score (nSPS) is 23.9. The Morgan fingerprint density at radius 2 is 1.68 bits per heavy atom. The third-order valence-corrected chi connectivity index (χ3v) is 4.10. The quantitative estimate of drug-likeness (QED) is 0.228. The van der Waals surface area contributed by atoms with Crippen molar-refractivity contribution in [3.8, 4) is 0 Å². The molecule has 12 heteroatoms. The van der Waals surface area contributed by atoms with Crippen LogP contribution < -0.4 is 17.1 Å². The van der Waals surface area contributed by atoms with Gasteiger partial charge in [-0.15, -0.1) is 5.10 Å². The van der Waals surface area contributed by atoms with Gasteiger partial charge in [-0.2, -0.15) is 4.99 Å². The van der Waals surface area contributed by atoms with Crippen LogP contribution in [0.5, 0.6) is 0 Å². The van der Waals surface area contributed by atoms with Crippen LogP contribution in [-0.2, 0) is 9.59 Å². The summed E-state index contributed by atoms with van der Waals surface area (Å²) in [7, 11) is 0. The van der Waals surface area contributed by atoms with E-state index >= 15 is 0 Å². The van der Waals surface area contributed by atoms with Crippen molar-refractivity contribution >= 4 is 63.0 Å². The molecular formula is C7H9N7O2S3. The van der Waals surface area contributed by atoms with Crippen LogP contribution in [0, 0.1) is 0 Å². The minimum absolute atomic E-state index is 0.0218. The monoisotopic (exact) mass is 319 g/mol. The number of hydrogen-bond donors (Lipinski definition) is 3. The number of amidine groups is 2. The molecule has 2 fully saturated rings. The molecule has 0 aromatic heterocycles. The predicted octanol–water partition coefficient (Wildman–Crippen LogP) is -1.61. The SMILES string of the molecule is NN1C(=O)CSC1=NC(=S)N/N=C1\SCC(=O)N1N. The highest BCUT2D eigenvalue weighted by atomic mass is 32.2. The van der Waals surface area contributed by atoms with Gasteiger partial charge in [0, 0.05) is 0 Å². The van der Waals surface area contributed by atoms with Crippen molar-refractivity contribution in [2.45, 2.75) is 0 Å². The highest BCUT2D eigenvalue weighted by molar-refractivity contribution is 8.15. The second kappa shape index (κ2) is 5.83. The number of hydrazone groups is 1. The Kier molecular flexibility index (Phi) is 4.36. The Morgan fingerprint density at radius 3 is 2.16 bits per heavy atom. The lowest BCUT2D eigenvalue weighted by Gasteiger charge is -2.09. The molecule has 0 aromatic carbocycles. The molecule has 5 N–H and O–H groups in total. The van der Waals surface area contributed by atoms with Gasteiger partial charge in [0.15, 0.2) is 5.17 Å². The van der Waals surface area contributed by atoms with Gasteiger partial charge in [-0.25, -0.2) is 27.1 Å². The number of carbonyl (C=O) groups excluding carboxylic acids is 2. The zero-order chi connectivity index (χ0) is 14.0. The molecule has 2 aliphatic rings. The maximum absolute atomic E-state index is 11.2. The summed E-state index contributed by atoms with van der Waals surface area (Å²) in [5.74, 6) is 10.9. The fourth-order valence-corrected chi connectivity index (χ4v) is 2.84. The standard InChI is InChI=1S/C7H9N7O2S3/c8-13-3(15)1-18-6(13)10-5(17)11-12-7-14(9)4(16)2-19-7/h1-2,8-9H2,(H,11,17)/b10-6?,12-7-. The van der Waals surface area contributed by atoms with Crippen molar-refractivity contribution in [1.82, 2.24) is 15.4 Å². The van der Waals surface area contributed by atoms with Crippen LogP contribution in [0.25, 0.3) is 0 Å². The Hall–Kier alpha value is -1.21. The average molecular weight is 319 g/mol. The van der Waals surface area contributed by atoms with Crippen LogP contribution in [0.15, 0.2) is 10.1 Å². The van der Waals surface area contributed by atoms with E-state index in [0.29, 0.717) is 10.3 Å². The first-order valence-corrected chi connectivity index (χ1v) is 7.24. The molecule has 102 valence electrons. The molecule has 9 nitrogen and oxygen atoms in total. The van der Waals surface area contributed by atoms with E-state index in [9.17, 15) is 9.59 Å². The van der Waals surface area contributed by atoms with Gasteiger partial charge in [-0.3, -0.25) is 9.59 Å². The zero-order valence-corrected chi connectivity index (χ0v) is 11.8. The topological polar surface area (TPSA) is 129 Å². The third kappa shape index (κ3) is 3.22. The first kappa shape index (κ1) is 14.2. The Morgan fingerprint density at radius 1 is 1.16 bits per heavy atom. The van der Waals surface area contributed by atoms with Gasteiger partial charge in [-0.1, -0.05) is 23.5 Å². The summed E-state index contributed by atoms with van der Waals surface area (Å²) in [5.41, 5.74) is 2.47. The third-order valence-electron chi connectivity index (χ3n) is 2.04. The Balaban J connectivity index is 1.96. The number of nitrogens with zero attached hydrogens (tertiary/aromatic N) is 4. The van der Waals surface area contributed by atoms with Gasteiger partial charge in [0.25, 0.3) is 11.8 Å². The predicted molar refractivity (Wildman–Crippen MR) is 77.6 cm³/mol. The minimum atomic E-state index is -0.247. The molecule has 0 aliphatic carbocycles. The lowest BCUT2D eigenvalue weighted by molar-refractivity contribution is -0.125. The maximum atomic E-state index is 11.2. The van der Waals surface area contributed by atoms with Gasteiger partial charge in [0.2, 0.25) is 10.3 Å². The molecule has 0 saturated carbocycles. The van der Waals surface area contributed by atoms with Crippen LogP contribution in [0.2, 0.25) is 0 Å². The summed E-state index contributed by atoms with van der Waals surface area (Å²) in [6.07, 6.45) is 0. The average Bonchev–Trinajstić information content (AvgIpc) is 2.86. The molecule has 0 bridgehead atoms. The van der Waals surface area contributed by atoms with Crippen LogP contribution in [0.4, 0.5) is 0 Å². The fraction of sp³-hybridized carbons (Fsp3) is 0.286. The molecule has 2 rings (SSSR count). The van der Waals surface area contributed by atoms with E-state index in [2.05, 4.69) is 15.5 Å². The maximum Gasteiger partial charge on any atom is 0.253 e. The van der Waals surface area contributed by atoms with Crippen LogP contribution in [-0.4, -0.2) is 48.8 Å². The van der Waals surface area contributed by atoms with Gasteiger partial charge in [-0.05, 0) is 12.2 Å². The van der Waals surface area contributed by atoms with E-state index in [1.54, 1.807) is 0 Å². The van der Waals surface area contributed by atoms with Gasteiger partial charge < -0.3 is 0 Å². The van der Waals surface area contributed by atoms with Crippen LogP contribution >= 0.6 is 35.7 Å². The molecule has 0 radical (unpaired) electrons. The number of hydrazine groups is 2. The molecule has 2 heterocycles. The van der Waals surface area contributed by atoms with Crippen molar-refractivity contribution in [2.75, 3.05) is 11.5 Å². The largest absolute Gasteiger partial charge is 0.272 e. The zero-order valence-electron chi connectivity index (χ0n) is 9.40. The Labute approximate surface area is 121 Å². The van der Waals surface area contributed by atoms with Gasteiger partial charge in [0.05, 0.1) is 11.5 Å². The lowest BCUT2D eigenvalue weighted by atomic mass is 10.7. The highest BCUT2D eigenvalue weighted by Gasteiger charge is 2.27. The van der Waals surface area contributed by atoms with Crippen molar-refractivity contribution in [2.24, 2.45) is 21.8 Å². The summed E-state index contributed by atoms with van der Waals surface area (Å²) in [5, 5.41) is 6.32. The molecule has 2 aliphatic heterocycles. The van der Waals surface area contributed by atoms with E-state index < -0.39 is 0 Å². The van der Waals surface area contributed by atoms with Crippen molar-refractivity contribution in [1.29, 1.82) is 0 Å². The van der Waals surface area contributed by atoms with E-state index in [1.807, 2.05) is 0 Å². The summed E-state index contributed by atoms with van der Waals surface area (Å²) < 4.78 is 0. The molecular weight excluding hydrogens is 310 g/mol. The Bertz CT molecular complexity index is 505. The van der Waals surface area contributed by atoms with E-state index in [4.69, 9.17) is 23.9 Å². The number of aliphatic imine (C=N–C) groups is 1. The summed E-state index contributed by atoms with van der Waals surface area (Å²) in [4.78, 5) is 26.2. The van der Waals surface area contributed by atoms with Crippen LogP contribution in [0.3, 0.4) is 0 Å². The summed E-state index contributed by atoms with van der Waals surface area (Å²) in [6.45, 7) is 0. The molecule has 19 heavy (non-hydrogen) atoms. The molecule has 0 atom stereocenters. The van der Waals surface area contributed by atoms with E-state index in [1.165, 1.54) is 23.5 Å². The molecule has 2 saturated heterocycles. The highest BCUT2D eigenvalue weighted by Crippen LogP contribution is 2.16. The number of thioether (sulfide) groups is 2. The molecule has 0 unspecified atom stereocenters. The molecule has 2 amide bonds. The van der Waals surface area contributed by atoms with Crippen molar-refractivity contribution < 1.29 is 9.59 Å². The fourth-order valence-electron chi connectivity index (χ4n) is 1.12. The van der Waals surface area contributed by atoms with Gasteiger partial charge >= 0.3 is 0 Å². The molecule has 0 aromatic rings. The van der Waals surface area contributed by atoms with E-state index in [0.717, 1.165) is 10.0 Å². The number of amides is 2. The number of carbonyl (C=O) groups is 2. The second-order valence-corrected chi connectivity index (χ2v) is 5.58. The summed E-state index contributed by atoms with van der Waals surface area (Å²) >= 11 is 7.28. The van der Waals surface area contributed by atoms with Crippen molar-refractivity contribution in [3.05, 3.63) is 0 Å².